The molecule has 2 aliphatic rings. The van der Waals surface area contributed by atoms with E-state index in [0.29, 0.717) is 25.9 Å². The van der Waals surface area contributed by atoms with E-state index in [2.05, 4.69) is 27.1 Å². The maximum atomic E-state index is 12.8. The topological polar surface area (TPSA) is 73.7 Å². The Labute approximate surface area is 167 Å². The zero-order valence-electron chi connectivity index (χ0n) is 17.5. The van der Waals surface area contributed by atoms with Gasteiger partial charge in [0.2, 0.25) is 11.8 Å². The van der Waals surface area contributed by atoms with Gasteiger partial charge in [-0.25, -0.2) is 4.68 Å². The molecule has 0 bridgehead atoms. The molecule has 1 aromatic rings. The number of piperazine rings is 1. The lowest BCUT2D eigenvalue weighted by molar-refractivity contribution is -0.127. The predicted octanol–water partition coefficient (Wildman–Crippen LogP) is 0.851. The minimum Gasteiger partial charge on any atom is -0.354 e. The Morgan fingerprint density at radius 1 is 1.18 bits per heavy atom. The second-order valence-electron chi connectivity index (χ2n) is 7.73. The van der Waals surface area contributed by atoms with Crippen LogP contribution < -0.4 is 10.2 Å². The van der Waals surface area contributed by atoms with Crippen LogP contribution in [-0.2, 0) is 16.1 Å². The number of carbonyl (C=O) groups excluding carboxylic acids is 2. The highest BCUT2D eigenvalue weighted by atomic mass is 16.2. The largest absolute Gasteiger partial charge is 0.354 e. The van der Waals surface area contributed by atoms with Crippen molar-refractivity contribution in [2.75, 3.05) is 50.7 Å². The van der Waals surface area contributed by atoms with Gasteiger partial charge in [0.05, 0.1) is 12.2 Å². The first-order chi connectivity index (χ1) is 13.5. The van der Waals surface area contributed by atoms with E-state index in [9.17, 15) is 9.59 Å². The van der Waals surface area contributed by atoms with Crippen molar-refractivity contribution in [1.82, 2.24) is 24.9 Å². The SMILES string of the molecule is CC[C@@H](C(=O)NCCCN1CCN(CC)CC1)N1C(=O)CCn2nc(C)cc21. The molecule has 0 aliphatic carbocycles. The fraction of sp³-hybridized carbons (Fsp3) is 0.750. The smallest absolute Gasteiger partial charge is 0.243 e. The van der Waals surface area contributed by atoms with Crippen molar-refractivity contribution < 1.29 is 9.59 Å². The van der Waals surface area contributed by atoms with Crippen LogP contribution in [0.3, 0.4) is 0 Å². The Bertz CT molecular complexity index is 680. The summed E-state index contributed by atoms with van der Waals surface area (Å²) >= 11 is 0. The molecule has 2 amide bonds. The number of likely N-dealkylation sites (N-methyl/N-ethyl adjacent to an activating group) is 1. The van der Waals surface area contributed by atoms with Gasteiger partial charge in [0.1, 0.15) is 11.9 Å². The maximum absolute atomic E-state index is 12.8. The Hall–Kier alpha value is -1.93. The molecule has 0 spiro atoms. The van der Waals surface area contributed by atoms with Crippen molar-refractivity contribution in [2.24, 2.45) is 0 Å². The Morgan fingerprint density at radius 3 is 2.57 bits per heavy atom. The molecule has 1 fully saturated rings. The molecule has 0 unspecified atom stereocenters. The molecule has 0 radical (unpaired) electrons. The van der Waals surface area contributed by atoms with Crippen LogP contribution in [0, 0.1) is 6.92 Å². The van der Waals surface area contributed by atoms with Crippen LogP contribution in [0.2, 0.25) is 0 Å². The normalized spacial score (nSPS) is 19.5. The standard InChI is InChI=1S/C20H34N6O2/c1-4-17(26-18-15-16(3)22-25(18)10-7-19(26)27)20(28)21-8-6-9-24-13-11-23(5-2)12-14-24/h15,17H,4-14H2,1-3H3,(H,21,28)/t17-/m0/s1. The molecule has 0 saturated carbocycles. The van der Waals surface area contributed by atoms with Crippen LogP contribution in [0.25, 0.3) is 0 Å². The summed E-state index contributed by atoms with van der Waals surface area (Å²) < 4.78 is 1.84. The molecule has 8 nitrogen and oxygen atoms in total. The number of aromatic nitrogens is 2. The predicted molar refractivity (Wildman–Crippen MR) is 109 cm³/mol. The van der Waals surface area contributed by atoms with Gasteiger partial charge >= 0.3 is 0 Å². The van der Waals surface area contributed by atoms with Gasteiger partial charge in [-0.15, -0.1) is 0 Å². The van der Waals surface area contributed by atoms with Crippen LogP contribution in [0.5, 0.6) is 0 Å². The molecule has 1 atom stereocenters. The number of aryl methyl sites for hydroxylation is 2. The van der Waals surface area contributed by atoms with E-state index in [-0.39, 0.29) is 11.8 Å². The summed E-state index contributed by atoms with van der Waals surface area (Å²) in [7, 11) is 0. The molecule has 8 heteroatoms. The molecule has 28 heavy (non-hydrogen) atoms. The molecule has 2 aliphatic heterocycles. The van der Waals surface area contributed by atoms with E-state index in [1.54, 1.807) is 4.90 Å². The lowest BCUT2D eigenvalue weighted by Crippen LogP contribution is -2.52. The lowest BCUT2D eigenvalue weighted by atomic mass is 10.1. The zero-order chi connectivity index (χ0) is 20.1. The van der Waals surface area contributed by atoms with Crippen molar-refractivity contribution in [2.45, 2.75) is 52.6 Å². The first-order valence-corrected chi connectivity index (χ1v) is 10.6. The highest BCUT2D eigenvalue weighted by molar-refractivity contribution is 6.00. The summed E-state index contributed by atoms with van der Waals surface area (Å²) in [6.07, 6.45) is 1.90. The summed E-state index contributed by atoms with van der Waals surface area (Å²) in [5.41, 5.74) is 0.869. The molecule has 1 saturated heterocycles. The van der Waals surface area contributed by atoms with E-state index in [1.807, 2.05) is 24.6 Å². The van der Waals surface area contributed by atoms with Crippen molar-refractivity contribution in [1.29, 1.82) is 0 Å². The van der Waals surface area contributed by atoms with Gasteiger partial charge in [-0.05, 0) is 32.9 Å². The zero-order valence-corrected chi connectivity index (χ0v) is 17.5. The number of amides is 2. The Balaban J connectivity index is 1.50. The average molecular weight is 391 g/mol. The van der Waals surface area contributed by atoms with E-state index in [0.717, 1.165) is 57.2 Å². The monoisotopic (exact) mass is 390 g/mol. The third kappa shape index (κ3) is 4.72. The number of nitrogens with one attached hydrogen (secondary N) is 1. The van der Waals surface area contributed by atoms with E-state index in [1.165, 1.54) is 0 Å². The van der Waals surface area contributed by atoms with E-state index >= 15 is 0 Å². The van der Waals surface area contributed by atoms with Gasteiger partial charge in [-0.1, -0.05) is 13.8 Å². The van der Waals surface area contributed by atoms with E-state index < -0.39 is 6.04 Å². The Morgan fingerprint density at radius 2 is 1.89 bits per heavy atom. The minimum atomic E-state index is -0.476. The van der Waals surface area contributed by atoms with Crippen molar-refractivity contribution >= 4 is 17.6 Å². The third-order valence-electron chi connectivity index (χ3n) is 5.80. The maximum Gasteiger partial charge on any atom is 0.243 e. The Kier molecular flexibility index (Phi) is 7.07. The van der Waals surface area contributed by atoms with Crippen LogP contribution in [0.15, 0.2) is 6.07 Å². The second kappa shape index (κ2) is 9.52. The summed E-state index contributed by atoms with van der Waals surface area (Å²) in [6.45, 7) is 13.9. The number of nitrogens with zero attached hydrogens (tertiary/aromatic N) is 5. The van der Waals surface area contributed by atoms with Gasteiger partial charge in [-0.3, -0.25) is 14.5 Å². The first-order valence-electron chi connectivity index (χ1n) is 10.6. The van der Waals surface area contributed by atoms with Gasteiger partial charge in [0, 0.05) is 45.2 Å². The number of hydrogen-bond donors (Lipinski definition) is 1. The molecular formula is C20H34N6O2. The van der Waals surface area contributed by atoms with Crippen LogP contribution in [-0.4, -0.2) is 83.2 Å². The highest BCUT2D eigenvalue weighted by Gasteiger charge is 2.34. The molecule has 3 rings (SSSR count). The second-order valence-corrected chi connectivity index (χ2v) is 7.73. The van der Waals surface area contributed by atoms with Crippen LogP contribution >= 0.6 is 0 Å². The highest BCUT2D eigenvalue weighted by Crippen LogP contribution is 2.26. The number of anilines is 1. The van der Waals surface area contributed by atoms with Crippen molar-refractivity contribution in [3.8, 4) is 0 Å². The van der Waals surface area contributed by atoms with Crippen LogP contribution in [0.1, 0.15) is 38.8 Å². The number of hydrogen-bond acceptors (Lipinski definition) is 5. The molecular weight excluding hydrogens is 356 g/mol. The quantitative estimate of drug-likeness (QED) is 0.666. The van der Waals surface area contributed by atoms with Gasteiger partial charge < -0.3 is 15.1 Å². The van der Waals surface area contributed by atoms with Gasteiger partial charge in [0.25, 0.3) is 0 Å². The van der Waals surface area contributed by atoms with Crippen molar-refractivity contribution in [3.05, 3.63) is 11.8 Å². The molecule has 0 aromatic carbocycles. The van der Waals surface area contributed by atoms with Crippen molar-refractivity contribution in [3.63, 3.8) is 0 Å². The van der Waals surface area contributed by atoms with E-state index in [4.69, 9.17) is 0 Å². The lowest BCUT2D eigenvalue weighted by Gasteiger charge is -2.34. The summed E-state index contributed by atoms with van der Waals surface area (Å²) in [5.74, 6) is 0.673. The third-order valence-corrected chi connectivity index (χ3v) is 5.80. The number of carbonyl (C=O) groups is 2. The summed E-state index contributed by atoms with van der Waals surface area (Å²) in [6, 6.07) is 1.42. The average Bonchev–Trinajstić information content (AvgIpc) is 3.08. The van der Waals surface area contributed by atoms with Gasteiger partial charge in [-0.2, -0.15) is 5.10 Å². The minimum absolute atomic E-state index is 0.00296. The fourth-order valence-corrected chi connectivity index (χ4v) is 4.12. The molecule has 3 heterocycles. The number of fused-ring (bicyclic) bond motifs is 1. The summed E-state index contributed by atoms with van der Waals surface area (Å²) in [5, 5.41) is 7.48. The van der Waals surface area contributed by atoms with Crippen LogP contribution in [0.4, 0.5) is 5.82 Å². The van der Waals surface area contributed by atoms with Gasteiger partial charge in [0.15, 0.2) is 0 Å². The molecule has 1 N–H and O–H groups in total. The first kappa shape index (κ1) is 20.8. The fourth-order valence-electron chi connectivity index (χ4n) is 4.12. The summed E-state index contributed by atoms with van der Waals surface area (Å²) in [4.78, 5) is 31.9. The number of rotatable bonds is 8. The molecule has 156 valence electrons. The molecule has 1 aromatic heterocycles.